The minimum Gasteiger partial charge on any atom is -0.444 e. The monoisotopic (exact) mass is 242 g/mol. The molecular weight excluding hydrogens is 220 g/mol. The second kappa shape index (κ2) is 6.14. The molecule has 0 radical (unpaired) electrons. The predicted octanol–water partition coefficient (Wildman–Crippen LogP) is 1.17. The second-order valence-corrected chi connectivity index (χ2v) is 4.57. The molecule has 0 amide bonds. The van der Waals surface area contributed by atoms with E-state index in [1.807, 2.05) is 20.8 Å². The van der Waals surface area contributed by atoms with Gasteiger partial charge in [-0.3, -0.25) is 0 Å². The van der Waals surface area contributed by atoms with Gasteiger partial charge in [0.05, 0.1) is 18.8 Å². The molecule has 0 bridgehead atoms. The van der Waals surface area contributed by atoms with E-state index in [0.717, 1.165) is 11.5 Å². The Balaban J connectivity index is 2.57. The molecule has 0 saturated carbocycles. The summed E-state index contributed by atoms with van der Waals surface area (Å²) < 4.78 is 10.6. The molecule has 0 aliphatic rings. The zero-order valence-corrected chi connectivity index (χ0v) is 11.0. The molecule has 1 aromatic rings. The highest BCUT2D eigenvalue weighted by Gasteiger charge is 2.23. The van der Waals surface area contributed by atoms with Crippen LogP contribution in [-0.4, -0.2) is 36.0 Å². The fraction of sp³-hybridized carbons (Fsp3) is 0.750. The molecule has 1 rings (SSSR count). The van der Waals surface area contributed by atoms with Gasteiger partial charge in [0.1, 0.15) is 5.76 Å². The van der Waals surface area contributed by atoms with Gasteiger partial charge in [-0.15, -0.1) is 0 Å². The van der Waals surface area contributed by atoms with Gasteiger partial charge in [-0.25, -0.2) is 4.98 Å². The molecular formula is C12H22N2O3. The van der Waals surface area contributed by atoms with Crippen LogP contribution in [0.1, 0.15) is 30.7 Å². The molecule has 2 N–H and O–H groups in total. The first-order chi connectivity index (χ1) is 8.00. The lowest BCUT2D eigenvalue weighted by atomic mass is 9.99. The van der Waals surface area contributed by atoms with E-state index >= 15 is 0 Å². The summed E-state index contributed by atoms with van der Waals surface area (Å²) in [4.78, 5) is 4.30. The first-order valence-electron chi connectivity index (χ1n) is 5.78. The number of aryl methyl sites for hydroxylation is 2. The molecule has 0 fully saturated rings. The van der Waals surface area contributed by atoms with Gasteiger partial charge in [0, 0.05) is 19.3 Å². The number of oxazole rings is 1. The van der Waals surface area contributed by atoms with E-state index in [-0.39, 0.29) is 12.1 Å². The van der Waals surface area contributed by atoms with E-state index in [4.69, 9.17) is 14.3 Å². The second-order valence-electron chi connectivity index (χ2n) is 4.57. The Hall–Kier alpha value is -0.910. The smallest absolute Gasteiger partial charge is 0.208 e. The highest BCUT2D eigenvalue weighted by molar-refractivity contribution is 5.05. The van der Waals surface area contributed by atoms with Crippen LogP contribution in [0.2, 0.25) is 0 Å². The summed E-state index contributed by atoms with van der Waals surface area (Å²) >= 11 is 0. The van der Waals surface area contributed by atoms with Gasteiger partial charge in [0.15, 0.2) is 0 Å². The largest absolute Gasteiger partial charge is 0.444 e. The third kappa shape index (κ3) is 4.11. The number of nitrogens with one attached hydrogen (secondary N) is 1. The Labute approximate surface area is 102 Å². The number of ether oxygens (including phenoxy) is 1. The molecule has 1 atom stereocenters. The quantitative estimate of drug-likeness (QED) is 0.751. The standard InChI is InChI=1S/C12H22N2O3/c1-9-10(2)17-11(14-9)7-13-12(3,5-6-15)8-16-4/h13,15H,5-8H2,1-4H3. The first kappa shape index (κ1) is 14.2. The van der Waals surface area contributed by atoms with Crippen molar-refractivity contribution < 1.29 is 14.3 Å². The maximum atomic E-state index is 9.04. The maximum absolute atomic E-state index is 9.04. The molecule has 0 aliphatic heterocycles. The van der Waals surface area contributed by atoms with Crippen molar-refractivity contribution in [3.05, 3.63) is 17.3 Å². The van der Waals surface area contributed by atoms with Gasteiger partial charge in [-0.2, -0.15) is 0 Å². The minimum absolute atomic E-state index is 0.122. The molecule has 5 nitrogen and oxygen atoms in total. The van der Waals surface area contributed by atoms with Crippen LogP contribution < -0.4 is 5.32 Å². The lowest BCUT2D eigenvalue weighted by Crippen LogP contribution is -2.46. The maximum Gasteiger partial charge on any atom is 0.208 e. The molecule has 1 aromatic heterocycles. The summed E-state index contributed by atoms with van der Waals surface area (Å²) in [5, 5.41) is 12.4. The molecule has 0 spiro atoms. The fourth-order valence-electron chi connectivity index (χ4n) is 1.68. The molecule has 0 aromatic carbocycles. The number of aromatic nitrogens is 1. The zero-order chi connectivity index (χ0) is 12.9. The normalized spacial score (nSPS) is 14.9. The van der Waals surface area contributed by atoms with Crippen molar-refractivity contribution in [1.29, 1.82) is 0 Å². The third-order valence-corrected chi connectivity index (χ3v) is 2.87. The molecule has 1 unspecified atom stereocenters. The van der Waals surface area contributed by atoms with Gasteiger partial charge in [0.2, 0.25) is 5.89 Å². The first-order valence-corrected chi connectivity index (χ1v) is 5.78. The Morgan fingerprint density at radius 3 is 2.65 bits per heavy atom. The summed E-state index contributed by atoms with van der Waals surface area (Å²) in [5.74, 6) is 1.51. The van der Waals surface area contributed by atoms with Crippen LogP contribution in [0.4, 0.5) is 0 Å². The van der Waals surface area contributed by atoms with E-state index < -0.39 is 0 Å². The van der Waals surface area contributed by atoms with Crippen LogP contribution in [0, 0.1) is 13.8 Å². The highest BCUT2D eigenvalue weighted by atomic mass is 16.5. The van der Waals surface area contributed by atoms with Crippen molar-refractivity contribution >= 4 is 0 Å². The van der Waals surface area contributed by atoms with E-state index in [1.54, 1.807) is 7.11 Å². The fourth-order valence-corrected chi connectivity index (χ4v) is 1.68. The van der Waals surface area contributed by atoms with E-state index in [1.165, 1.54) is 0 Å². The molecule has 1 heterocycles. The van der Waals surface area contributed by atoms with Crippen molar-refractivity contribution in [2.75, 3.05) is 20.3 Å². The average Bonchev–Trinajstić information content (AvgIpc) is 2.57. The Morgan fingerprint density at radius 2 is 2.18 bits per heavy atom. The van der Waals surface area contributed by atoms with Gasteiger partial charge >= 0.3 is 0 Å². The van der Waals surface area contributed by atoms with Crippen LogP contribution in [0.15, 0.2) is 4.42 Å². The van der Waals surface area contributed by atoms with Crippen LogP contribution in [-0.2, 0) is 11.3 Å². The van der Waals surface area contributed by atoms with E-state index in [9.17, 15) is 0 Å². The molecule has 0 aliphatic carbocycles. The average molecular weight is 242 g/mol. The SMILES string of the molecule is COCC(C)(CCO)NCc1nc(C)c(C)o1. The zero-order valence-electron chi connectivity index (χ0n) is 11.0. The number of methoxy groups -OCH3 is 1. The predicted molar refractivity (Wildman–Crippen MR) is 64.8 cm³/mol. The van der Waals surface area contributed by atoms with Crippen LogP contribution in [0.25, 0.3) is 0 Å². The number of hydrogen-bond donors (Lipinski definition) is 2. The number of aliphatic hydroxyl groups is 1. The van der Waals surface area contributed by atoms with E-state index in [2.05, 4.69) is 10.3 Å². The highest BCUT2D eigenvalue weighted by Crippen LogP contribution is 2.13. The molecule has 5 heteroatoms. The van der Waals surface area contributed by atoms with Crippen molar-refractivity contribution in [2.24, 2.45) is 0 Å². The number of hydrogen-bond acceptors (Lipinski definition) is 5. The summed E-state index contributed by atoms with van der Waals surface area (Å²) in [6.07, 6.45) is 0.625. The lowest BCUT2D eigenvalue weighted by Gasteiger charge is -2.29. The van der Waals surface area contributed by atoms with Crippen molar-refractivity contribution in [1.82, 2.24) is 10.3 Å². The number of nitrogens with zero attached hydrogens (tertiary/aromatic N) is 1. The van der Waals surface area contributed by atoms with Crippen molar-refractivity contribution in [3.63, 3.8) is 0 Å². The van der Waals surface area contributed by atoms with Gasteiger partial charge in [-0.1, -0.05) is 0 Å². The molecule has 17 heavy (non-hydrogen) atoms. The van der Waals surface area contributed by atoms with E-state index in [0.29, 0.717) is 25.5 Å². The van der Waals surface area contributed by atoms with Gasteiger partial charge in [0.25, 0.3) is 0 Å². The van der Waals surface area contributed by atoms with Crippen LogP contribution >= 0.6 is 0 Å². The summed E-state index contributed by atoms with van der Waals surface area (Å²) in [5.41, 5.74) is 0.650. The van der Waals surface area contributed by atoms with Gasteiger partial charge in [-0.05, 0) is 27.2 Å². The van der Waals surface area contributed by atoms with Crippen LogP contribution in [0.5, 0.6) is 0 Å². The van der Waals surface area contributed by atoms with Crippen molar-refractivity contribution in [3.8, 4) is 0 Å². The molecule has 0 saturated heterocycles. The summed E-state index contributed by atoms with van der Waals surface area (Å²) in [6.45, 7) is 7.02. The van der Waals surface area contributed by atoms with Crippen LogP contribution in [0.3, 0.4) is 0 Å². The van der Waals surface area contributed by atoms with Crippen molar-refractivity contribution in [2.45, 2.75) is 39.3 Å². The summed E-state index contributed by atoms with van der Waals surface area (Å²) in [6, 6.07) is 0. The Kier molecular flexibility index (Phi) is 5.11. The Morgan fingerprint density at radius 1 is 1.47 bits per heavy atom. The minimum atomic E-state index is -0.264. The third-order valence-electron chi connectivity index (χ3n) is 2.87. The Bertz CT molecular complexity index is 324. The number of aliphatic hydroxyl groups excluding tert-OH is 1. The topological polar surface area (TPSA) is 67.5 Å². The number of rotatable bonds is 7. The van der Waals surface area contributed by atoms with Gasteiger partial charge < -0.3 is 19.6 Å². The summed E-state index contributed by atoms with van der Waals surface area (Å²) in [7, 11) is 1.65. The molecule has 98 valence electrons. The lowest BCUT2D eigenvalue weighted by molar-refractivity contribution is 0.0952.